The fraction of sp³-hybridized carbons (Fsp3) is 0.462. The highest BCUT2D eigenvalue weighted by Gasteiger charge is 2.39. The second kappa shape index (κ2) is 10.6. The number of benzene rings is 2. The smallest absolute Gasteiger partial charge is 0.268 e. The average molecular weight is 484 g/mol. The number of hydrogen-bond donors (Lipinski definition) is 1. The van der Waals surface area contributed by atoms with E-state index in [0.717, 1.165) is 35.1 Å². The van der Waals surface area contributed by atoms with Crippen molar-refractivity contribution in [3.63, 3.8) is 0 Å². The summed E-state index contributed by atoms with van der Waals surface area (Å²) in [5, 5.41) is 2.33. The number of primary amides is 1. The molecule has 1 amide bonds. The van der Waals surface area contributed by atoms with Crippen molar-refractivity contribution in [1.82, 2.24) is 9.55 Å². The number of nitrogens with two attached hydrogens (primary N) is 1. The van der Waals surface area contributed by atoms with Crippen molar-refractivity contribution in [2.75, 3.05) is 13.7 Å². The number of rotatable bonds is 11. The van der Waals surface area contributed by atoms with Gasteiger partial charge in [-0.1, -0.05) is 32.9 Å². The van der Waals surface area contributed by atoms with Gasteiger partial charge in [0.15, 0.2) is 8.32 Å². The molecule has 0 saturated heterocycles. The van der Waals surface area contributed by atoms with E-state index in [1.807, 2.05) is 34.9 Å². The molecule has 184 valence electrons. The highest BCUT2D eigenvalue weighted by atomic mass is 28.4. The molecule has 0 spiro atoms. The highest BCUT2D eigenvalue weighted by molar-refractivity contribution is 6.74. The Labute approximate surface area is 203 Å². The first-order valence-electron chi connectivity index (χ1n) is 11.7. The van der Waals surface area contributed by atoms with E-state index in [-0.39, 0.29) is 16.8 Å². The molecule has 7 nitrogen and oxygen atoms in total. The molecule has 2 aromatic carbocycles. The molecule has 0 aliphatic rings. The largest absolute Gasteiger partial charge is 0.497 e. The number of nitrogens with zero attached hydrogens (tertiary/aromatic N) is 2. The minimum Gasteiger partial charge on any atom is -0.497 e. The van der Waals surface area contributed by atoms with Crippen LogP contribution in [0.3, 0.4) is 0 Å². The number of carbonyl (C=O) groups excluding carboxylic acids is 1. The lowest BCUT2D eigenvalue weighted by atomic mass is 10.1. The summed E-state index contributed by atoms with van der Waals surface area (Å²) < 4.78 is 20.0. The molecule has 0 bridgehead atoms. The molecule has 0 fully saturated rings. The van der Waals surface area contributed by atoms with Gasteiger partial charge in [-0.25, -0.2) is 4.98 Å². The predicted molar refractivity (Wildman–Crippen MR) is 138 cm³/mol. The van der Waals surface area contributed by atoms with E-state index in [9.17, 15) is 4.79 Å². The van der Waals surface area contributed by atoms with Gasteiger partial charge in [0, 0.05) is 12.7 Å². The van der Waals surface area contributed by atoms with Gasteiger partial charge in [-0.3, -0.25) is 4.79 Å². The zero-order chi connectivity index (χ0) is 24.9. The average Bonchev–Trinajstić information content (AvgIpc) is 3.24. The molecule has 1 aromatic heterocycles. The first kappa shape index (κ1) is 25.8. The first-order chi connectivity index (χ1) is 16.0. The Morgan fingerprint density at radius 3 is 2.41 bits per heavy atom. The van der Waals surface area contributed by atoms with Gasteiger partial charge in [0.05, 0.1) is 26.1 Å². The maximum absolute atomic E-state index is 11.4. The number of aromatic nitrogens is 2. The Bertz CT molecular complexity index is 1120. The number of fused-ring (bicyclic) bond motifs is 1. The number of ether oxygens (including phenoxy) is 2. The summed E-state index contributed by atoms with van der Waals surface area (Å²) in [6, 6.07) is 12.1. The van der Waals surface area contributed by atoms with E-state index >= 15 is 0 Å². The van der Waals surface area contributed by atoms with Crippen LogP contribution in [0.25, 0.3) is 10.8 Å². The number of imidazole rings is 1. The molecule has 34 heavy (non-hydrogen) atoms. The number of carbonyl (C=O) groups is 1. The lowest BCUT2D eigenvalue weighted by Gasteiger charge is -2.39. The lowest BCUT2D eigenvalue weighted by molar-refractivity contribution is 0.0995. The molecule has 0 radical (unpaired) electrons. The zero-order valence-corrected chi connectivity index (χ0v) is 22.1. The van der Waals surface area contributed by atoms with Crippen LogP contribution in [0, 0.1) is 0 Å². The van der Waals surface area contributed by atoms with E-state index in [4.69, 9.17) is 19.6 Å². The second-order valence-electron chi connectivity index (χ2n) is 10.2. The van der Waals surface area contributed by atoms with Gasteiger partial charge in [0.2, 0.25) is 0 Å². The maximum atomic E-state index is 11.4. The van der Waals surface area contributed by atoms with Gasteiger partial charge in [-0.15, -0.1) is 0 Å². The molecule has 3 aromatic rings. The zero-order valence-electron chi connectivity index (χ0n) is 21.1. The molecular formula is C26H37N3O4Si. The molecule has 1 heterocycles. The van der Waals surface area contributed by atoms with Crippen molar-refractivity contribution in [2.45, 2.75) is 64.4 Å². The molecule has 0 saturated carbocycles. The SMILES string of the molecule is COc1ccc2ccc(OCCCC(Cn3cnc(C(N)=O)c3)O[Si](C)(C)C(C)(C)C)cc2c1. The van der Waals surface area contributed by atoms with Gasteiger partial charge in [-0.2, -0.15) is 0 Å². The standard InChI is InChI=1S/C26H37N3O4Si/c1-26(2,3)34(5,6)33-23(16-29-17-24(25(27)30)28-18-29)8-7-13-32-22-12-10-19-9-11-21(31-4)14-20(19)15-22/h9-12,14-15,17-18,23H,7-8,13,16H2,1-6H3,(H2,27,30). The molecule has 0 aliphatic heterocycles. The van der Waals surface area contributed by atoms with E-state index < -0.39 is 14.2 Å². The summed E-state index contributed by atoms with van der Waals surface area (Å²) in [6.45, 7) is 12.4. The van der Waals surface area contributed by atoms with Crippen LogP contribution in [-0.2, 0) is 11.0 Å². The van der Waals surface area contributed by atoms with Gasteiger partial charge < -0.3 is 24.2 Å². The number of amides is 1. The number of hydrogen-bond acceptors (Lipinski definition) is 5. The third-order valence-electron chi connectivity index (χ3n) is 6.53. The van der Waals surface area contributed by atoms with Crippen LogP contribution in [-0.4, -0.2) is 43.6 Å². The highest BCUT2D eigenvalue weighted by Crippen LogP contribution is 2.38. The molecule has 0 aliphatic carbocycles. The monoisotopic (exact) mass is 483 g/mol. The molecule has 8 heteroatoms. The Balaban J connectivity index is 1.63. The first-order valence-corrected chi connectivity index (χ1v) is 14.6. The maximum Gasteiger partial charge on any atom is 0.268 e. The van der Waals surface area contributed by atoms with Crippen LogP contribution in [0.1, 0.15) is 44.1 Å². The summed E-state index contributed by atoms with van der Waals surface area (Å²) in [4.78, 5) is 15.5. The minimum absolute atomic E-state index is 0.0136. The fourth-order valence-corrected chi connectivity index (χ4v) is 4.90. The van der Waals surface area contributed by atoms with Crippen molar-refractivity contribution in [1.29, 1.82) is 0 Å². The third kappa shape index (κ3) is 6.61. The van der Waals surface area contributed by atoms with Crippen LogP contribution in [0.15, 0.2) is 48.9 Å². The molecule has 1 unspecified atom stereocenters. The molecule has 1 atom stereocenters. The van der Waals surface area contributed by atoms with Crippen LogP contribution in [0.5, 0.6) is 11.5 Å². The molecular weight excluding hydrogens is 446 g/mol. The van der Waals surface area contributed by atoms with Crippen molar-refractivity contribution < 1.29 is 18.7 Å². The van der Waals surface area contributed by atoms with Crippen molar-refractivity contribution in [3.05, 3.63) is 54.6 Å². The Kier molecular flexibility index (Phi) is 8.04. The van der Waals surface area contributed by atoms with Crippen LogP contribution in [0.2, 0.25) is 18.1 Å². The normalized spacial score (nSPS) is 13.1. The van der Waals surface area contributed by atoms with Gasteiger partial charge in [0.25, 0.3) is 5.91 Å². The lowest BCUT2D eigenvalue weighted by Crippen LogP contribution is -2.45. The number of methoxy groups -OCH3 is 1. The van der Waals surface area contributed by atoms with Gasteiger partial charge >= 0.3 is 0 Å². The third-order valence-corrected chi connectivity index (χ3v) is 11.1. The Morgan fingerprint density at radius 1 is 1.12 bits per heavy atom. The van der Waals surface area contributed by atoms with Crippen molar-refractivity contribution >= 4 is 25.0 Å². The predicted octanol–water partition coefficient (Wildman–Crippen LogP) is 5.39. The topological polar surface area (TPSA) is 88.6 Å². The van der Waals surface area contributed by atoms with Crippen molar-refractivity contribution in [2.24, 2.45) is 5.73 Å². The minimum atomic E-state index is -1.98. The van der Waals surface area contributed by atoms with Crippen LogP contribution in [0.4, 0.5) is 0 Å². The Hall–Kier alpha value is -2.84. The Morgan fingerprint density at radius 2 is 1.79 bits per heavy atom. The summed E-state index contributed by atoms with van der Waals surface area (Å²) in [5.74, 6) is 1.14. The van der Waals surface area contributed by atoms with E-state index in [2.05, 4.69) is 44.9 Å². The van der Waals surface area contributed by atoms with Gasteiger partial charge in [0.1, 0.15) is 17.2 Å². The quantitative estimate of drug-likeness (QED) is 0.292. The summed E-state index contributed by atoms with van der Waals surface area (Å²) in [5.41, 5.74) is 5.62. The van der Waals surface area contributed by atoms with E-state index in [1.54, 1.807) is 19.6 Å². The van der Waals surface area contributed by atoms with E-state index in [1.165, 1.54) is 0 Å². The second-order valence-corrected chi connectivity index (χ2v) is 14.9. The van der Waals surface area contributed by atoms with Crippen molar-refractivity contribution in [3.8, 4) is 11.5 Å². The molecule has 3 rings (SSSR count). The van der Waals surface area contributed by atoms with E-state index in [0.29, 0.717) is 13.2 Å². The van der Waals surface area contributed by atoms with Crippen LogP contribution >= 0.6 is 0 Å². The molecule has 2 N–H and O–H groups in total. The fourth-order valence-electron chi connectivity index (χ4n) is 3.52. The summed E-state index contributed by atoms with van der Waals surface area (Å²) >= 11 is 0. The summed E-state index contributed by atoms with van der Waals surface area (Å²) in [6.07, 6.45) is 4.98. The van der Waals surface area contributed by atoms with Crippen LogP contribution < -0.4 is 15.2 Å². The van der Waals surface area contributed by atoms with Gasteiger partial charge in [-0.05, 0) is 66.0 Å². The summed E-state index contributed by atoms with van der Waals surface area (Å²) in [7, 11) is -0.310.